The van der Waals surface area contributed by atoms with Crippen molar-refractivity contribution in [3.8, 4) is 0 Å². The van der Waals surface area contributed by atoms with Gasteiger partial charge in [-0.2, -0.15) is 5.10 Å². The van der Waals surface area contributed by atoms with E-state index in [1.165, 1.54) is 0 Å². The van der Waals surface area contributed by atoms with Gasteiger partial charge in [0, 0.05) is 43.9 Å². The van der Waals surface area contributed by atoms with E-state index in [1.807, 2.05) is 13.8 Å². The third-order valence-electron chi connectivity index (χ3n) is 4.32. The van der Waals surface area contributed by atoms with Crippen LogP contribution in [0, 0.1) is 0 Å². The summed E-state index contributed by atoms with van der Waals surface area (Å²) in [5.41, 5.74) is 1.02. The Hall–Kier alpha value is -2.28. The van der Waals surface area contributed by atoms with Crippen molar-refractivity contribution in [1.29, 1.82) is 0 Å². The van der Waals surface area contributed by atoms with Gasteiger partial charge >= 0.3 is 0 Å². The average molecular weight is 329 g/mol. The van der Waals surface area contributed by atoms with Gasteiger partial charge in [-0.25, -0.2) is 9.97 Å². The zero-order valence-corrected chi connectivity index (χ0v) is 14.2. The molecular weight excluding hydrogens is 306 g/mol. The number of hydrogen-bond donors (Lipinski definition) is 1. The molecule has 1 amide bonds. The number of hydrogen-bond acceptors (Lipinski definition) is 5. The Balaban J connectivity index is 1.59. The zero-order valence-electron chi connectivity index (χ0n) is 14.2. The van der Waals surface area contributed by atoms with Crippen molar-refractivity contribution in [1.82, 2.24) is 25.1 Å². The average Bonchev–Trinajstić information content (AvgIpc) is 3.10. The van der Waals surface area contributed by atoms with Crippen molar-refractivity contribution in [2.24, 2.45) is 0 Å². The van der Waals surface area contributed by atoms with Crippen molar-refractivity contribution in [2.75, 3.05) is 6.61 Å². The van der Waals surface area contributed by atoms with Crippen LogP contribution in [0.2, 0.25) is 0 Å². The van der Waals surface area contributed by atoms with Crippen LogP contribution >= 0.6 is 0 Å². The van der Waals surface area contributed by atoms with E-state index in [4.69, 9.17) is 4.74 Å². The number of aromatic nitrogens is 4. The number of aryl methyl sites for hydroxylation is 1. The summed E-state index contributed by atoms with van der Waals surface area (Å²) in [4.78, 5) is 21.0. The Bertz CT molecular complexity index is 689. The molecule has 2 aromatic heterocycles. The van der Waals surface area contributed by atoms with Crippen molar-refractivity contribution >= 4 is 5.91 Å². The molecule has 1 fully saturated rings. The molecule has 1 aliphatic rings. The molecule has 24 heavy (non-hydrogen) atoms. The minimum atomic E-state index is -0.394. The van der Waals surface area contributed by atoms with E-state index in [1.54, 1.807) is 29.5 Å². The SMILES string of the molecule is CCn1cc(C(=O)NCc2cnc([C@]3(C)CCCCO3)nc2)cn1. The lowest BCUT2D eigenvalue weighted by Crippen LogP contribution is -2.32. The molecule has 3 heterocycles. The third-order valence-corrected chi connectivity index (χ3v) is 4.32. The summed E-state index contributed by atoms with van der Waals surface area (Å²) >= 11 is 0. The van der Waals surface area contributed by atoms with Crippen LogP contribution in [0.15, 0.2) is 24.8 Å². The second kappa shape index (κ2) is 7.09. The molecule has 7 nitrogen and oxygen atoms in total. The van der Waals surface area contributed by atoms with E-state index in [9.17, 15) is 4.79 Å². The number of amides is 1. The molecule has 1 N–H and O–H groups in total. The minimum absolute atomic E-state index is 0.152. The first-order valence-corrected chi connectivity index (χ1v) is 8.37. The molecule has 2 aromatic rings. The molecule has 0 aromatic carbocycles. The van der Waals surface area contributed by atoms with Gasteiger partial charge < -0.3 is 10.1 Å². The standard InChI is InChI=1S/C17H23N5O2/c1-3-22-12-14(11-21-22)15(23)18-8-13-9-19-16(20-10-13)17(2)6-4-5-7-24-17/h9-12H,3-8H2,1-2H3,(H,18,23)/t17-/m0/s1. The van der Waals surface area contributed by atoms with Crippen LogP contribution in [0.3, 0.4) is 0 Å². The molecule has 1 saturated heterocycles. The first kappa shape index (κ1) is 16.6. The van der Waals surface area contributed by atoms with Gasteiger partial charge in [-0.05, 0) is 33.1 Å². The lowest BCUT2D eigenvalue weighted by atomic mass is 9.95. The van der Waals surface area contributed by atoms with E-state index >= 15 is 0 Å². The summed E-state index contributed by atoms with van der Waals surface area (Å²) in [5, 5.41) is 6.96. The summed E-state index contributed by atoms with van der Waals surface area (Å²) in [7, 11) is 0. The molecule has 1 aliphatic heterocycles. The molecule has 0 aliphatic carbocycles. The first-order valence-electron chi connectivity index (χ1n) is 8.37. The highest BCUT2D eigenvalue weighted by Gasteiger charge is 2.32. The van der Waals surface area contributed by atoms with E-state index < -0.39 is 5.60 Å². The summed E-state index contributed by atoms with van der Waals surface area (Å²) < 4.78 is 7.58. The number of rotatable bonds is 5. The van der Waals surface area contributed by atoms with Crippen molar-refractivity contribution < 1.29 is 9.53 Å². The fraction of sp³-hybridized carbons (Fsp3) is 0.529. The summed E-state index contributed by atoms with van der Waals surface area (Å²) in [6.07, 6.45) is 9.96. The van der Waals surface area contributed by atoms with Crippen LogP contribution in [0.1, 0.15) is 54.9 Å². The Morgan fingerprint density at radius 2 is 2.12 bits per heavy atom. The largest absolute Gasteiger partial charge is 0.367 e. The minimum Gasteiger partial charge on any atom is -0.367 e. The maximum absolute atomic E-state index is 12.1. The van der Waals surface area contributed by atoms with Crippen LogP contribution in [-0.4, -0.2) is 32.3 Å². The van der Waals surface area contributed by atoms with Crippen LogP contribution in [0.4, 0.5) is 0 Å². The number of nitrogens with one attached hydrogen (secondary N) is 1. The number of nitrogens with zero attached hydrogens (tertiary/aromatic N) is 4. The molecule has 0 radical (unpaired) electrons. The van der Waals surface area contributed by atoms with E-state index in [-0.39, 0.29) is 5.91 Å². The molecule has 128 valence electrons. The topological polar surface area (TPSA) is 81.9 Å². The molecule has 0 spiro atoms. The van der Waals surface area contributed by atoms with Gasteiger partial charge in [-0.1, -0.05) is 0 Å². The van der Waals surface area contributed by atoms with E-state index in [0.717, 1.165) is 38.0 Å². The molecule has 3 rings (SSSR count). The Kier molecular flexibility index (Phi) is 4.89. The second-order valence-corrected chi connectivity index (χ2v) is 6.22. The summed E-state index contributed by atoms with van der Waals surface area (Å²) in [6.45, 7) is 5.89. The normalized spacial score (nSPS) is 20.8. The van der Waals surface area contributed by atoms with Gasteiger partial charge in [-0.15, -0.1) is 0 Å². The van der Waals surface area contributed by atoms with E-state index in [2.05, 4.69) is 20.4 Å². The zero-order chi connectivity index (χ0) is 17.0. The highest BCUT2D eigenvalue weighted by molar-refractivity contribution is 5.93. The van der Waals surface area contributed by atoms with Crippen LogP contribution < -0.4 is 5.32 Å². The Morgan fingerprint density at radius 1 is 1.33 bits per heavy atom. The number of carbonyl (C=O) groups is 1. The van der Waals surface area contributed by atoms with Crippen molar-refractivity contribution in [3.63, 3.8) is 0 Å². The van der Waals surface area contributed by atoms with Gasteiger partial charge in [0.25, 0.3) is 5.91 Å². The number of carbonyl (C=O) groups excluding carboxylic acids is 1. The summed E-state index contributed by atoms with van der Waals surface area (Å²) in [6, 6.07) is 0. The lowest BCUT2D eigenvalue weighted by Gasteiger charge is -2.32. The first-order chi connectivity index (χ1) is 11.6. The Labute approximate surface area is 141 Å². The highest BCUT2D eigenvalue weighted by Crippen LogP contribution is 2.32. The molecule has 0 unspecified atom stereocenters. The molecular formula is C17H23N5O2. The Morgan fingerprint density at radius 3 is 2.75 bits per heavy atom. The highest BCUT2D eigenvalue weighted by atomic mass is 16.5. The van der Waals surface area contributed by atoms with Crippen molar-refractivity contribution in [3.05, 3.63) is 41.7 Å². The fourth-order valence-electron chi connectivity index (χ4n) is 2.77. The van der Waals surface area contributed by atoms with Gasteiger partial charge in [0.15, 0.2) is 5.82 Å². The predicted molar refractivity (Wildman–Crippen MR) is 88.3 cm³/mol. The van der Waals surface area contributed by atoms with Crippen LogP contribution in [0.5, 0.6) is 0 Å². The molecule has 0 saturated carbocycles. The summed E-state index contributed by atoms with van der Waals surface area (Å²) in [5.74, 6) is 0.558. The van der Waals surface area contributed by atoms with Crippen molar-refractivity contribution in [2.45, 2.75) is 51.8 Å². The molecule has 0 bridgehead atoms. The number of ether oxygens (including phenoxy) is 1. The maximum Gasteiger partial charge on any atom is 0.254 e. The van der Waals surface area contributed by atoms with Crippen LogP contribution in [-0.2, 0) is 23.4 Å². The smallest absolute Gasteiger partial charge is 0.254 e. The quantitative estimate of drug-likeness (QED) is 0.908. The molecule has 1 atom stereocenters. The van der Waals surface area contributed by atoms with Crippen LogP contribution in [0.25, 0.3) is 0 Å². The van der Waals surface area contributed by atoms with Gasteiger partial charge in [-0.3, -0.25) is 9.48 Å². The predicted octanol–water partition coefficient (Wildman–Crippen LogP) is 2.04. The fourth-order valence-corrected chi connectivity index (χ4v) is 2.77. The third kappa shape index (κ3) is 3.62. The lowest BCUT2D eigenvalue weighted by molar-refractivity contribution is -0.0760. The monoisotopic (exact) mass is 329 g/mol. The maximum atomic E-state index is 12.1. The van der Waals surface area contributed by atoms with Gasteiger partial charge in [0.2, 0.25) is 0 Å². The second-order valence-electron chi connectivity index (χ2n) is 6.22. The van der Waals surface area contributed by atoms with E-state index in [0.29, 0.717) is 17.9 Å². The van der Waals surface area contributed by atoms with Gasteiger partial charge in [0.1, 0.15) is 5.60 Å². The molecule has 7 heteroatoms. The van der Waals surface area contributed by atoms with Gasteiger partial charge in [0.05, 0.1) is 11.8 Å².